The number of thiazole rings is 1. The molecular weight excluding hydrogens is 363 g/mol. The van der Waals surface area contributed by atoms with E-state index in [1.54, 1.807) is 12.1 Å². The quantitative estimate of drug-likeness (QED) is 0.642. The standard InChI is InChI=1S/C18H14Cl2N2OS/c1-11-2-4-12(5-3-11)8-17(23)22-18-21-16(10-24-18)14-7-6-13(19)9-15(14)20/h2-7,9-10H,8H2,1H3,(H,21,22,23). The van der Waals surface area contributed by atoms with Crippen molar-refractivity contribution in [3.05, 3.63) is 69.0 Å². The molecule has 0 unspecified atom stereocenters. The maximum Gasteiger partial charge on any atom is 0.230 e. The summed E-state index contributed by atoms with van der Waals surface area (Å²) in [5.74, 6) is -0.0954. The Bertz CT molecular complexity index is 875. The van der Waals surface area contributed by atoms with E-state index in [2.05, 4.69) is 10.3 Å². The van der Waals surface area contributed by atoms with Gasteiger partial charge in [0.15, 0.2) is 5.13 Å². The lowest BCUT2D eigenvalue weighted by Gasteiger charge is -2.03. The first-order valence-electron chi connectivity index (χ1n) is 7.27. The van der Waals surface area contributed by atoms with Crippen LogP contribution in [0.25, 0.3) is 11.3 Å². The zero-order valence-corrected chi connectivity index (χ0v) is 15.2. The molecule has 0 fully saturated rings. The van der Waals surface area contributed by atoms with Crippen LogP contribution in [0, 0.1) is 6.92 Å². The van der Waals surface area contributed by atoms with Crippen LogP contribution in [0.1, 0.15) is 11.1 Å². The predicted octanol–water partition coefficient (Wildman–Crippen LogP) is 5.61. The highest BCUT2D eigenvalue weighted by Gasteiger charge is 2.11. The number of nitrogens with one attached hydrogen (secondary N) is 1. The van der Waals surface area contributed by atoms with Gasteiger partial charge in [-0.1, -0.05) is 53.0 Å². The lowest BCUT2D eigenvalue weighted by Crippen LogP contribution is -2.14. The molecule has 0 aliphatic rings. The third-order valence-electron chi connectivity index (χ3n) is 3.44. The van der Waals surface area contributed by atoms with Crippen molar-refractivity contribution in [3.8, 4) is 11.3 Å². The number of nitrogens with zero attached hydrogens (tertiary/aromatic N) is 1. The van der Waals surface area contributed by atoms with Crippen LogP contribution in [0.4, 0.5) is 5.13 Å². The number of amides is 1. The number of benzene rings is 2. The predicted molar refractivity (Wildman–Crippen MR) is 101 cm³/mol. The van der Waals surface area contributed by atoms with Gasteiger partial charge in [-0.25, -0.2) is 4.98 Å². The molecule has 0 atom stereocenters. The topological polar surface area (TPSA) is 42.0 Å². The lowest BCUT2D eigenvalue weighted by molar-refractivity contribution is -0.115. The van der Waals surface area contributed by atoms with E-state index in [1.807, 2.05) is 42.6 Å². The molecule has 1 N–H and O–H groups in total. The van der Waals surface area contributed by atoms with Gasteiger partial charge in [0, 0.05) is 16.0 Å². The molecule has 3 rings (SSSR count). The van der Waals surface area contributed by atoms with Gasteiger partial charge in [0.05, 0.1) is 17.1 Å². The maximum absolute atomic E-state index is 12.1. The third kappa shape index (κ3) is 4.15. The molecule has 1 amide bonds. The van der Waals surface area contributed by atoms with Crippen molar-refractivity contribution in [3.63, 3.8) is 0 Å². The van der Waals surface area contributed by atoms with E-state index < -0.39 is 0 Å². The van der Waals surface area contributed by atoms with Gasteiger partial charge in [0.1, 0.15) is 0 Å². The van der Waals surface area contributed by atoms with Gasteiger partial charge in [-0.2, -0.15) is 0 Å². The fourth-order valence-electron chi connectivity index (χ4n) is 2.21. The largest absolute Gasteiger partial charge is 0.302 e. The number of hydrogen-bond donors (Lipinski definition) is 1. The molecule has 6 heteroatoms. The monoisotopic (exact) mass is 376 g/mol. The molecule has 0 radical (unpaired) electrons. The average Bonchev–Trinajstić information content (AvgIpc) is 2.97. The van der Waals surface area contributed by atoms with Crippen molar-refractivity contribution >= 4 is 45.6 Å². The number of rotatable bonds is 4. The highest BCUT2D eigenvalue weighted by atomic mass is 35.5. The van der Waals surface area contributed by atoms with Crippen molar-refractivity contribution in [2.45, 2.75) is 13.3 Å². The average molecular weight is 377 g/mol. The highest BCUT2D eigenvalue weighted by Crippen LogP contribution is 2.32. The van der Waals surface area contributed by atoms with E-state index >= 15 is 0 Å². The Morgan fingerprint density at radius 1 is 1.17 bits per heavy atom. The summed E-state index contributed by atoms with van der Waals surface area (Å²) in [6.07, 6.45) is 0.316. The Kier molecular flexibility index (Phi) is 5.19. The normalized spacial score (nSPS) is 10.6. The van der Waals surface area contributed by atoms with Gasteiger partial charge in [-0.3, -0.25) is 4.79 Å². The minimum Gasteiger partial charge on any atom is -0.302 e. The molecule has 3 aromatic rings. The van der Waals surface area contributed by atoms with Gasteiger partial charge in [0.2, 0.25) is 5.91 Å². The number of carbonyl (C=O) groups is 1. The molecule has 0 aliphatic carbocycles. The molecule has 1 heterocycles. The second kappa shape index (κ2) is 7.34. The number of carbonyl (C=O) groups excluding carboxylic acids is 1. The van der Waals surface area contributed by atoms with E-state index in [1.165, 1.54) is 16.9 Å². The summed E-state index contributed by atoms with van der Waals surface area (Å²) < 4.78 is 0. The molecule has 0 aliphatic heterocycles. The first kappa shape index (κ1) is 17.0. The van der Waals surface area contributed by atoms with Gasteiger partial charge in [-0.05, 0) is 30.7 Å². The van der Waals surface area contributed by atoms with Crippen molar-refractivity contribution in [1.29, 1.82) is 0 Å². The first-order chi connectivity index (χ1) is 11.5. The number of anilines is 1. The summed E-state index contributed by atoms with van der Waals surface area (Å²) in [7, 11) is 0. The molecule has 122 valence electrons. The van der Waals surface area contributed by atoms with Gasteiger partial charge < -0.3 is 5.32 Å². The van der Waals surface area contributed by atoms with Crippen LogP contribution in [-0.2, 0) is 11.2 Å². The zero-order valence-electron chi connectivity index (χ0n) is 12.8. The van der Waals surface area contributed by atoms with Crippen LogP contribution >= 0.6 is 34.5 Å². The molecule has 0 bridgehead atoms. The zero-order chi connectivity index (χ0) is 17.1. The number of hydrogen-bond acceptors (Lipinski definition) is 3. The Balaban J connectivity index is 1.69. The van der Waals surface area contributed by atoms with E-state index in [4.69, 9.17) is 23.2 Å². The molecule has 0 saturated heterocycles. The Morgan fingerprint density at radius 2 is 1.92 bits per heavy atom. The van der Waals surface area contributed by atoms with Crippen LogP contribution in [0.5, 0.6) is 0 Å². The lowest BCUT2D eigenvalue weighted by atomic mass is 10.1. The van der Waals surface area contributed by atoms with Gasteiger partial charge >= 0.3 is 0 Å². The first-order valence-corrected chi connectivity index (χ1v) is 8.91. The van der Waals surface area contributed by atoms with Crippen LogP contribution < -0.4 is 5.32 Å². The molecule has 3 nitrogen and oxygen atoms in total. The summed E-state index contributed by atoms with van der Waals surface area (Å²) in [5.41, 5.74) is 3.64. The number of aryl methyl sites for hydroxylation is 1. The molecule has 1 aromatic heterocycles. The second-order valence-corrected chi connectivity index (χ2v) is 7.07. The van der Waals surface area contributed by atoms with E-state index in [-0.39, 0.29) is 5.91 Å². The Hall–Kier alpha value is -1.88. The van der Waals surface area contributed by atoms with Crippen LogP contribution in [-0.4, -0.2) is 10.9 Å². The third-order valence-corrected chi connectivity index (χ3v) is 4.75. The minimum atomic E-state index is -0.0954. The second-order valence-electron chi connectivity index (χ2n) is 5.37. The Morgan fingerprint density at radius 3 is 2.62 bits per heavy atom. The highest BCUT2D eigenvalue weighted by molar-refractivity contribution is 7.14. The minimum absolute atomic E-state index is 0.0954. The SMILES string of the molecule is Cc1ccc(CC(=O)Nc2nc(-c3ccc(Cl)cc3Cl)cs2)cc1. The fourth-order valence-corrected chi connectivity index (χ4v) is 3.44. The van der Waals surface area contributed by atoms with Crippen LogP contribution in [0.3, 0.4) is 0 Å². The summed E-state index contributed by atoms with van der Waals surface area (Å²) in [6.45, 7) is 2.02. The van der Waals surface area contributed by atoms with E-state index in [9.17, 15) is 4.79 Å². The smallest absolute Gasteiger partial charge is 0.230 e. The van der Waals surface area contributed by atoms with Crippen molar-refractivity contribution in [2.24, 2.45) is 0 Å². The summed E-state index contributed by atoms with van der Waals surface area (Å²) in [6, 6.07) is 13.1. The molecule has 2 aromatic carbocycles. The summed E-state index contributed by atoms with van der Waals surface area (Å²) in [4.78, 5) is 16.6. The van der Waals surface area contributed by atoms with E-state index in [0.717, 1.165) is 11.1 Å². The van der Waals surface area contributed by atoms with Crippen molar-refractivity contribution in [1.82, 2.24) is 4.98 Å². The maximum atomic E-state index is 12.1. The van der Waals surface area contributed by atoms with Crippen molar-refractivity contribution < 1.29 is 4.79 Å². The molecular formula is C18H14Cl2N2OS. The van der Waals surface area contributed by atoms with Crippen LogP contribution in [0.2, 0.25) is 10.0 Å². The summed E-state index contributed by atoms with van der Waals surface area (Å²) in [5, 5.41) is 6.34. The summed E-state index contributed by atoms with van der Waals surface area (Å²) >= 11 is 13.5. The van der Waals surface area contributed by atoms with Crippen LogP contribution in [0.15, 0.2) is 47.8 Å². The Labute approximate surface area is 154 Å². The molecule has 0 spiro atoms. The number of aromatic nitrogens is 1. The van der Waals surface area contributed by atoms with E-state index in [0.29, 0.717) is 27.3 Å². The van der Waals surface area contributed by atoms with Gasteiger partial charge in [0.25, 0.3) is 0 Å². The van der Waals surface area contributed by atoms with Gasteiger partial charge in [-0.15, -0.1) is 11.3 Å². The number of halogens is 2. The van der Waals surface area contributed by atoms with Crippen molar-refractivity contribution in [2.75, 3.05) is 5.32 Å². The fraction of sp³-hybridized carbons (Fsp3) is 0.111. The molecule has 0 saturated carbocycles. The molecule has 24 heavy (non-hydrogen) atoms.